The van der Waals surface area contributed by atoms with Gasteiger partial charge in [0.25, 0.3) is 17.1 Å². The number of hydrogen-bond donors (Lipinski definition) is 8. The first-order valence-electron chi connectivity index (χ1n) is 30.9. The van der Waals surface area contributed by atoms with E-state index in [9.17, 15) is 71.9 Å². The molecule has 0 radical (unpaired) electrons. The number of nitrogen functional groups attached to an aromatic ring is 2. The Morgan fingerprint density at radius 1 is 0.614 bits per heavy atom. The molecule has 3 aliphatic rings. The Labute approximate surface area is 581 Å². The van der Waals surface area contributed by atoms with E-state index < -0.39 is 38.4 Å². The Morgan fingerprint density at radius 3 is 1.63 bits per heavy atom. The highest BCUT2D eigenvalue weighted by Crippen LogP contribution is 2.33. The summed E-state index contributed by atoms with van der Waals surface area (Å²) in [5.41, 5.74) is 20.5. The van der Waals surface area contributed by atoms with Gasteiger partial charge in [-0.3, -0.25) is 49.8 Å². The third-order valence-electron chi connectivity index (χ3n) is 15.5. The Bertz CT molecular complexity index is 4380. The molecule has 101 heavy (non-hydrogen) atoms. The predicted molar refractivity (Wildman–Crippen MR) is 378 cm³/mol. The van der Waals surface area contributed by atoms with Crippen LogP contribution in [-0.4, -0.2) is 113 Å². The molecule has 1 aromatic heterocycles. The van der Waals surface area contributed by atoms with Gasteiger partial charge in [0.2, 0.25) is 5.95 Å². The van der Waals surface area contributed by atoms with E-state index in [1.807, 2.05) is 69.1 Å². The van der Waals surface area contributed by atoms with E-state index in [2.05, 4.69) is 41.9 Å². The highest BCUT2D eigenvalue weighted by atomic mass is 35.5. The van der Waals surface area contributed by atoms with E-state index in [0.29, 0.717) is 97.8 Å². The molecule has 0 bridgehead atoms. The second kappa shape index (κ2) is 34.8. The quantitative estimate of drug-likeness (QED) is 0.0138. The van der Waals surface area contributed by atoms with Gasteiger partial charge in [-0.15, -0.1) is 11.6 Å². The van der Waals surface area contributed by atoms with Gasteiger partial charge in [0.15, 0.2) is 0 Å². The van der Waals surface area contributed by atoms with E-state index in [0.717, 1.165) is 62.7 Å². The standard InChI is InChI=1S/C31H28F4N6O2.C10H12ClN3O3.C10H11N3O3.C10H13N3O.C7H8N2O2/c1-19-3-6-24(18-27(19)41-12-11-37-30(41)43)38-29-36-10-9-28(39-29)40(2)25-7-4-20(5-8-25)15-26(42)16-21-13-22(31(33,34)35)17-23(32)14-21;1-7-2-3-8(14(16)17)6-9(7)13-10(15)12-5-4-11;1-7-2-3-8(13(15)16)6-9(7)12-5-4-11-10(12)14;1-7-2-3-8(11)6-9(7)13-5-4-12-10(13)14;1-5-2-3-6(9(10)11)4-7(5)8/h3-10,13-14,17-18H,11-12,15-16H2,1-2H3,(H,37,43)(H,36,38,39);2-3,6H,4-5H2,1H3,(H2,12,13,15);2-3,6H,4-5H2,1H3,(H,11,14);2-3,6H,4-5,11H2,1H3,(H,12,14);2-4H,8H2,1H3. The average Bonchev–Trinajstić information content (AvgIpc) is 1.83. The number of nitrogens with one attached hydrogen (secondary N) is 6. The van der Waals surface area contributed by atoms with Gasteiger partial charge in [0, 0.05) is 137 Å². The number of Topliss-reactive ketones (excluding diaryl/α,β-unsaturated/α-hetero) is 1. The summed E-state index contributed by atoms with van der Waals surface area (Å²) in [5.74, 6) is -0.109. The van der Waals surface area contributed by atoms with Crippen molar-refractivity contribution in [1.82, 2.24) is 31.2 Å². The van der Waals surface area contributed by atoms with E-state index >= 15 is 0 Å². The lowest BCUT2D eigenvalue weighted by Crippen LogP contribution is -2.30. The number of aryl methyl sites for hydroxylation is 5. The number of anilines is 10. The molecule has 3 saturated heterocycles. The lowest BCUT2D eigenvalue weighted by atomic mass is 10.0. The Morgan fingerprint density at radius 2 is 1.11 bits per heavy atom. The fourth-order valence-electron chi connectivity index (χ4n) is 10.1. The molecule has 0 saturated carbocycles. The van der Waals surface area contributed by atoms with Crippen LogP contribution in [0.2, 0.25) is 0 Å². The number of nitro groups is 3. The van der Waals surface area contributed by atoms with Crippen molar-refractivity contribution in [2.75, 3.05) is 100 Å². The molecule has 11 rings (SSSR count). The molecule has 8 aromatic rings. The van der Waals surface area contributed by atoms with Crippen molar-refractivity contribution in [2.24, 2.45) is 0 Å². The second-order valence-corrected chi connectivity index (χ2v) is 23.3. The van der Waals surface area contributed by atoms with Gasteiger partial charge in [-0.2, -0.15) is 18.2 Å². The summed E-state index contributed by atoms with van der Waals surface area (Å²) >= 11 is 5.41. The number of nitro benzene ring substituents is 3. The van der Waals surface area contributed by atoms with Crippen LogP contribution in [-0.2, 0) is 23.8 Å². The normalized spacial score (nSPS) is 12.9. The number of benzene rings is 7. The zero-order valence-electron chi connectivity index (χ0n) is 55.5. The van der Waals surface area contributed by atoms with Crippen molar-refractivity contribution in [3.63, 3.8) is 0 Å². The van der Waals surface area contributed by atoms with E-state index in [-0.39, 0.29) is 59.3 Å². The predicted octanol–water partition coefficient (Wildman–Crippen LogP) is 12.6. The van der Waals surface area contributed by atoms with Gasteiger partial charge in [-0.1, -0.05) is 42.5 Å². The van der Waals surface area contributed by atoms with Gasteiger partial charge in [0.05, 0.1) is 43.1 Å². The first-order valence-corrected chi connectivity index (χ1v) is 31.5. The number of nitrogens with two attached hydrogens (primary N) is 2. The molecule has 0 spiro atoms. The number of carbonyl (C=O) groups excluding carboxylic acids is 5. The Kier molecular flexibility index (Phi) is 26.3. The van der Waals surface area contributed by atoms with Crippen LogP contribution >= 0.6 is 11.6 Å². The monoisotopic (exact) mass is 1410 g/mol. The maximum atomic E-state index is 13.7. The number of halogens is 5. The van der Waals surface area contributed by atoms with Gasteiger partial charge in [-0.05, 0) is 134 Å². The maximum Gasteiger partial charge on any atom is 0.416 e. The molecule has 4 heterocycles. The number of amides is 8. The number of carbonyl (C=O) groups is 5. The van der Waals surface area contributed by atoms with Crippen molar-refractivity contribution in [1.29, 1.82) is 0 Å². The van der Waals surface area contributed by atoms with E-state index in [1.54, 1.807) is 78.4 Å². The molecule has 33 heteroatoms. The summed E-state index contributed by atoms with van der Waals surface area (Å²) in [6.45, 7) is 13.3. The van der Waals surface area contributed by atoms with Crippen molar-refractivity contribution in [2.45, 2.75) is 53.6 Å². The third kappa shape index (κ3) is 21.6. The van der Waals surface area contributed by atoms with E-state index in [1.165, 1.54) is 41.3 Å². The Hall–Kier alpha value is -12.2. The Balaban J connectivity index is 0.000000202. The molecule has 10 N–H and O–H groups in total. The number of urea groups is 4. The number of ketones is 1. The fourth-order valence-corrected chi connectivity index (χ4v) is 10.2. The minimum absolute atomic E-state index is 0.000278. The molecule has 530 valence electrons. The lowest BCUT2D eigenvalue weighted by Gasteiger charge is -2.20. The number of non-ortho nitro benzene ring substituents is 3. The van der Waals surface area contributed by atoms with Crippen LogP contribution in [0.1, 0.15) is 44.5 Å². The topological polar surface area (TPSA) is 378 Å². The van der Waals surface area contributed by atoms with Crippen molar-refractivity contribution in [3.8, 4) is 0 Å². The van der Waals surface area contributed by atoms with Crippen molar-refractivity contribution in [3.05, 3.63) is 226 Å². The molecular weight excluding hydrogens is 1340 g/mol. The smallest absolute Gasteiger partial charge is 0.399 e. The van der Waals surface area contributed by atoms with Crippen LogP contribution in [0.3, 0.4) is 0 Å². The van der Waals surface area contributed by atoms with Crippen LogP contribution in [0, 0.1) is 70.8 Å². The highest BCUT2D eigenvalue weighted by Gasteiger charge is 2.32. The number of nitrogens with zero attached hydrogens (tertiary/aromatic N) is 9. The molecule has 0 aliphatic carbocycles. The van der Waals surface area contributed by atoms with Gasteiger partial charge in [-0.25, -0.2) is 28.6 Å². The fraction of sp³-hybridized carbons (Fsp3) is 0.250. The molecule has 28 nitrogen and oxygen atoms in total. The SMILES string of the molecule is Cc1ccc(N)cc1N1CCNC1=O.Cc1ccc(Nc2nccc(N(C)c3ccc(CC(=O)Cc4cc(F)cc(C(F)(F)F)c4)cc3)n2)cc1N1CCNC1=O.Cc1ccc([N+](=O)[O-])cc1N.Cc1ccc([N+](=O)[O-])cc1N1CCNC1=O.Cc1ccc([N+](=O)[O-])cc1NC(=O)NCCCl. The summed E-state index contributed by atoms with van der Waals surface area (Å²) in [5, 5.41) is 47.9. The molecule has 0 atom stereocenters. The molecule has 3 fully saturated rings. The lowest BCUT2D eigenvalue weighted by molar-refractivity contribution is -0.385. The highest BCUT2D eigenvalue weighted by molar-refractivity contribution is 6.18. The summed E-state index contributed by atoms with van der Waals surface area (Å²) < 4.78 is 52.7. The van der Waals surface area contributed by atoms with Gasteiger partial charge >= 0.3 is 30.3 Å². The summed E-state index contributed by atoms with van der Waals surface area (Å²) in [6, 6.07) is 34.7. The number of hydrogen-bond acceptors (Lipinski definition) is 17. The average molecular weight is 1410 g/mol. The van der Waals surface area contributed by atoms with Crippen molar-refractivity contribution < 1.29 is 56.3 Å². The van der Waals surface area contributed by atoms with Crippen LogP contribution in [0.25, 0.3) is 0 Å². The van der Waals surface area contributed by atoms with Crippen LogP contribution in [0.4, 0.5) is 111 Å². The number of alkyl halides is 4. The van der Waals surface area contributed by atoms with E-state index in [4.69, 9.17) is 23.1 Å². The van der Waals surface area contributed by atoms with Gasteiger partial charge < -0.3 is 48.3 Å². The van der Waals surface area contributed by atoms with Gasteiger partial charge in [0.1, 0.15) is 17.4 Å². The second-order valence-electron chi connectivity index (χ2n) is 22.9. The molecule has 8 amide bonds. The molecule has 3 aliphatic heterocycles. The summed E-state index contributed by atoms with van der Waals surface area (Å²) in [4.78, 5) is 105. The van der Waals surface area contributed by atoms with Crippen LogP contribution in [0.15, 0.2) is 146 Å². The summed E-state index contributed by atoms with van der Waals surface area (Å²) in [6.07, 6.45) is -3.40. The third-order valence-corrected chi connectivity index (χ3v) is 15.7. The minimum Gasteiger partial charge on any atom is -0.399 e. The molecule has 0 unspecified atom stereocenters. The van der Waals surface area contributed by atoms with Crippen molar-refractivity contribution >= 4 is 116 Å². The first kappa shape index (κ1) is 76.2. The molecular formula is C68H72ClF4N17O11. The minimum atomic E-state index is -4.70. The van der Waals surface area contributed by atoms with Crippen LogP contribution < -0.4 is 63.0 Å². The maximum absolute atomic E-state index is 13.7. The number of aromatic nitrogens is 2. The molecule has 7 aromatic carbocycles. The number of rotatable bonds is 17. The summed E-state index contributed by atoms with van der Waals surface area (Å²) in [7, 11) is 1.82. The largest absolute Gasteiger partial charge is 0.416 e. The van der Waals surface area contributed by atoms with Crippen LogP contribution in [0.5, 0.6) is 0 Å². The zero-order valence-corrected chi connectivity index (χ0v) is 56.2. The zero-order chi connectivity index (χ0) is 73.8. The first-order chi connectivity index (χ1) is 47.9.